The number of piperidine rings is 1. The number of amides is 2. The van der Waals surface area contributed by atoms with Gasteiger partial charge in [-0.3, -0.25) is 19.4 Å². The van der Waals surface area contributed by atoms with Crippen LogP contribution in [0.3, 0.4) is 0 Å². The van der Waals surface area contributed by atoms with Gasteiger partial charge in [-0.1, -0.05) is 12.1 Å². The Labute approximate surface area is 125 Å². The van der Waals surface area contributed by atoms with Crippen LogP contribution in [0.2, 0.25) is 0 Å². The van der Waals surface area contributed by atoms with Crippen molar-refractivity contribution in [1.29, 1.82) is 0 Å². The van der Waals surface area contributed by atoms with Gasteiger partial charge in [-0.25, -0.2) is 0 Å². The number of hydrogen-bond donors (Lipinski definition) is 0. The molecular weight excluding hydrogens is 297 g/mol. The Hall–Kier alpha value is -1.89. The molecule has 0 aromatic heterocycles. The van der Waals surface area contributed by atoms with Gasteiger partial charge in [0, 0.05) is 6.54 Å². The van der Waals surface area contributed by atoms with Crippen LogP contribution >= 0.6 is 0 Å². The van der Waals surface area contributed by atoms with Crippen LogP contribution in [-0.4, -0.2) is 47.5 Å². The normalized spacial score (nSPS) is 23.0. The highest BCUT2D eigenvalue weighted by atomic mass is 19.4. The Kier molecular flexibility index (Phi) is 3.68. The first-order valence-corrected chi connectivity index (χ1v) is 7.12. The largest absolute Gasteiger partial charge is 0.393 e. The first kappa shape index (κ1) is 15.0. The molecule has 3 rings (SSSR count). The average molecular weight is 312 g/mol. The van der Waals surface area contributed by atoms with Gasteiger partial charge in [0.2, 0.25) is 0 Å². The van der Waals surface area contributed by atoms with Crippen LogP contribution in [-0.2, 0) is 0 Å². The quantitative estimate of drug-likeness (QED) is 0.788. The second-order valence-corrected chi connectivity index (χ2v) is 5.68. The number of rotatable bonds is 2. The van der Waals surface area contributed by atoms with E-state index in [1.807, 2.05) is 0 Å². The van der Waals surface area contributed by atoms with Gasteiger partial charge in [0.15, 0.2) is 0 Å². The highest BCUT2D eigenvalue weighted by molar-refractivity contribution is 6.21. The SMILES string of the molecule is O=C1c2ccccc2C(=O)N1CN1CCCC(C(F)(F)F)C1. The Morgan fingerprint density at radius 2 is 1.68 bits per heavy atom. The van der Waals surface area contributed by atoms with Crippen LogP contribution in [0, 0.1) is 5.92 Å². The number of alkyl halides is 3. The van der Waals surface area contributed by atoms with Crippen molar-refractivity contribution in [2.75, 3.05) is 19.8 Å². The molecule has 1 fully saturated rings. The standard InChI is InChI=1S/C15H15F3N2O2/c16-15(17,18)10-4-3-7-19(8-10)9-20-13(21)11-5-1-2-6-12(11)14(20)22/h1-2,5-6,10H,3-4,7-9H2. The van der Waals surface area contributed by atoms with Crippen LogP contribution in [0.25, 0.3) is 0 Å². The van der Waals surface area contributed by atoms with E-state index in [2.05, 4.69) is 0 Å². The third-order valence-electron chi connectivity index (χ3n) is 4.19. The molecule has 0 spiro atoms. The maximum atomic E-state index is 12.8. The Bertz CT molecular complexity index is 580. The summed E-state index contributed by atoms with van der Waals surface area (Å²) in [6.45, 7) is 0.204. The monoisotopic (exact) mass is 312 g/mol. The molecule has 0 aliphatic carbocycles. The minimum absolute atomic E-state index is 0.0844. The maximum absolute atomic E-state index is 12.8. The van der Waals surface area contributed by atoms with E-state index < -0.39 is 23.9 Å². The molecule has 118 valence electrons. The fraction of sp³-hybridized carbons (Fsp3) is 0.467. The zero-order chi connectivity index (χ0) is 15.9. The van der Waals surface area contributed by atoms with Gasteiger partial charge in [0.1, 0.15) is 0 Å². The molecule has 2 aliphatic heterocycles. The van der Waals surface area contributed by atoms with E-state index in [-0.39, 0.29) is 19.6 Å². The molecule has 0 saturated carbocycles. The van der Waals surface area contributed by atoms with Crippen LogP contribution in [0.4, 0.5) is 13.2 Å². The third kappa shape index (κ3) is 2.61. The van der Waals surface area contributed by atoms with Crippen molar-refractivity contribution in [1.82, 2.24) is 9.80 Å². The first-order valence-electron chi connectivity index (χ1n) is 7.12. The molecule has 0 N–H and O–H groups in total. The Morgan fingerprint density at radius 1 is 1.09 bits per heavy atom. The predicted octanol–water partition coefficient (Wildman–Crippen LogP) is 2.51. The molecule has 2 heterocycles. The van der Waals surface area contributed by atoms with Crippen LogP contribution in [0.15, 0.2) is 24.3 Å². The number of nitrogens with zero attached hydrogens (tertiary/aromatic N) is 2. The molecule has 1 atom stereocenters. The summed E-state index contributed by atoms with van der Waals surface area (Å²) in [7, 11) is 0. The van der Waals surface area contributed by atoms with Gasteiger partial charge in [0.05, 0.1) is 23.7 Å². The number of benzene rings is 1. The number of hydrogen-bond acceptors (Lipinski definition) is 3. The lowest BCUT2D eigenvalue weighted by atomic mass is 9.98. The van der Waals surface area contributed by atoms with Crippen LogP contribution < -0.4 is 0 Å². The molecule has 0 radical (unpaired) electrons. The van der Waals surface area contributed by atoms with Gasteiger partial charge < -0.3 is 0 Å². The molecule has 2 amide bonds. The summed E-state index contributed by atoms with van der Waals surface area (Å²) in [5, 5.41) is 0. The molecule has 1 aromatic carbocycles. The number of halogens is 3. The summed E-state index contributed by atoms with van der Waals surface area (Å²) in [6.07, 6.45) is -3.73. The summed E-state index contributed by atoms with van der Waals surface area (Å²) < 4.78 is 38.5. The van der Waals surface area contributed by atoms with Gasteiger partial charge >= 0.3 is 6.18 Å². The van der Waals surface area contributed by atoms with E-state index >= 15 is 0 Å². The molecule has 2 aliphatic rings. The zero-order valence-electron chi connectivity index (χ0n) is 11.8. The first-order chi connectivity index (χ1) is 10.4. The predicted molar refractivity (Wildman–Crippen MR) is 72.2 cm³/mol. The van der Waals surface area contributed by atoms with E-state index in [0.29, 0.717) is 24.1 Å². The fourth-order valence-electron chi connectivity index (χ4n) is 3.02. The minimum Gasteiger partial charge on any atom is -0.285 e. The Morgan fingerprint density at radius 3 is 2.23 bits per heavy atom. The summed E-state index contributed by atoms with van der Waals surface area (Å²) in [5.74, 6) is -2.26. The van der Waals surface area contributed by atoms with Gasteiger partial charge in [0.25, 0.3) is 11.8 Å². The lowest BCUT2D eigenvalue weighted by Gasteiger charge is -2.35. The highest BCUT2D eigenvalue weighted by Crippen LogP contribution is 2.33. The van der Waals surface area contributed by atoms with Gasteiger partial charge in [-0.2, -0.15) is 13.2 Å². The summed E-state index contributed by atoms with van der Waals surface area (Å²) >= 11 is 0. The molecular formula is C15H15F3N2O2. The summed E-state index contributed by atoms with van der Waals surface area (Å²) in [6, 6.07) is 6.44. The van der Waals surface area contributed by atoms with E-state index in [4.69, 9.17) is 0 Å². The number of likely N-dealkylation sites (tertiary alicyclic amines) is 1. The van der Waals surface area contributed by atoms with E-state index in [1.165, 1.54) is 4.90 Å². The fourth-order valence-corrected chi connectivity index (χ4v) is 3.02. The number of carbonyl (C=O) groups excluding carboxylic acids is 2. The Balaban J connectivity index is 1.72. The molecule has 4 nitrogen and oxygen atoms in total. The van der Waals surface area contributed by atoms with Crippen molar-refractivity contribution in [3.63, 3.8) is 0 Å². The van der Waals surface area contributed by atoms with E-state index in [1.54, 1.807) is 24.3 Å². The average Bonchev–Trinajstić information content (AvgIpc) is 2.72. The third-order valence-corrected chi connectivity index (χ3v) is 4.19. The van der Waals surface area contributed by atoms with Crippen LogP contribution in [0.1, 0.15) is 33.6 Å². The smallest absolute Gasteiger partial charge is 0.285 e. The second-order valence-electron chi connectivity index (χ2n) is 5.68. The molecule has 0 bridgehead atoms. The molecule has 1 aromatic rings. The molecule has 1 saturated heterocycles. The van der Waals surface area contributed by atoms with Crippen molar-refractivity contribution in [3.8, 4) is 0 Å². The lowest BCUT2D eigenvalue weighted by molar-refractivity contribution is -0.187. The van der Waals surface area contributed by atoms with Gasteiger partial charge in [-0.05, 0) is 31.5 Å². The highest BCUT2D eigenvalue weighted by Gasteiger charge is 2.43. The van der Waals surface area contributed by atoms with Crippen molar-refractivity contribution in [2.45, 2.75) is 19.0 Å². The number of fused-ring (bicyclic) bond motifs is 1. The van der Waals surface area contributed by atoms with Crippen LogP contribution in [0.5, 0.6) is 0 Å². The zero-order valence-corrected chi connectivity index (χ0v) is 11.8. The van der Waals surface area contributed by atoms with Gasteiger partial charge in [-0.15, -0.1) is 0 Å². The maximum Gasteiger partial charge on any atom is 0.393 e. The number of carbonyl (C=O) groups is 2. The van der Waals surface area contributed by atoms with Crippen molar-refractivity contribution >= 4 is 11.8 Å². The van der Waals surface area contributed by atoms with Crippen molar-refractivity contribution in [2.24, 2.45) is 5.92 Å². The molecule has 7 heteroatoms. The van der Waals surface area contributed by atoms with E-state index in [0.717, 1.165) is 4.90 Å². The summed E-state index contributed by atoms with van der Waals surface area (Å²) in [4.78, 5) is 27.0. The molecule has 22 heavy (non-hydrogen) atoms. The summed E-state index contributed by atoms with van der Waals surface area (Å²) in [5.41, 5.74) is 0.633. The minimum atomic E-state index is -4.24. The number of imide groups is 1. The lowest BCUT2D eigenvalue weighted by Crippen LogP contribution is -2.48. The van der Waals surface area contributed by atoms with E-state index in [9.17, 15) is 22.8 Å². The topological polar surface area (TPSA) is 40.6 Å². The van der Waals surface area contributed by atoms with Crippen molar-refractivity contribution < 1.29 is 22.8 Å². The second kappa shape index (κ2) is 5.39. The molecule has 1 unspecified atom stereocenters. The van der Waals surface area contributed by atoms with Crippen molar-refractivity contribution in [3.05, 3.63) is 35.4 Å².